The summed E-state index contributed by atoms with van der Waals surface area (Å²) in [5, 5.41) is 11.9. The number of carboxylic acid groups (broad SMARTS) is 1. The summed E-state index contributed by atoms with van der Waals surface area (Å²) in [5.74, 6) is 0.572. The summed E-state index contributed by atoms with van der Waals surface area (Å²) in [4.78, 5) is 23.1. The predicted octanol–water partition coefficient (Wildman–Crippen LogP) is 1.89. The van der Waals surface area contributed by atoms with Gasteiger partial charge in [-0.05, 0) is 18.1 Å². The molecule has 0 bridgehead atoms. The van der Waals surface area contributed by atoms with Crippen LogP contribution in [0.15, 0.2) is 0 Å². The molecule has 0 saturated carbocycles. The summed E-state index contributed by atoms with van der Waals surface area (Å²) in [7, 11) is 0. The molecule has 1 aliphatic rings. The highest BCUT2D eigenvalue weighted by molar-refractivity contribution is 7.99. The molecule has 0 spiro atoms. The van der Waals surface area contributed by atoms with Gasteiger partial charge < -0.3 is 10.4 Å². The zero-order chi connectivity index (χ0) is 12.9. The molecular formula is C12H21NO3S. The zero-order valence-corrected chi connectivity index (χ0v) is 11.3. The molecule has 0 radical (unpaired) electrons. The summed E-state index contributed by atoms with van der Waals surface area (Å²) in [6.07, 6.45) is 3.01. The standard InChI is InChI=1S/C12H21NO3S/c1-3-4-9(2)7-10(14)13-12(11(15)16)5-6-17-8-12/h9H,3-8H2,1-2H3,(H,13,14)(H,15,16). The van der Waals surface area contributed by atoms with Crippen molar-refractivity contribution in [3.8, 4) is 0 Å². The van der Waals surface area contributed by atoms with Crippen molar-refractivity contribution >= 4 is 23.6 Å². The van der Waals surface area contributed by atoms with Crippen LogP contribution in [0.5, 0.6) is 0 Å². The lowest BCUT2D eigenvalue weighted by molar-refractivity contribution is -0.146. The maximum Gasteiger partial charge on any atom is 0.330 e. The van der Waals surface area contributed by atoms with Crippen LogP contribution in [0.2, 0.25) is 0 Å². The van der Waals surface area contributed by atoms with E-state index in [1.807, 2.05) is 6.92 Å². The van der Waals surface area contributed by atoms with Crippen LogP contribution >= 0.6 is 11.8 Å². The number of aliphatic carboxylic acids is 1. The quantitative estimate of drug-likeness (QED) is 0.764. The molecule has 17 heavy (non-hydrogen) atoms. The molecule has 0 aromatic rings. The van der Waals surface area contributed by atoms with E-state index in [2.05, 4.69) is 12.2 Å². The Kier molecular flexibility index (Phi) is 5.31. The van der Waals surface area contributed by atoms with Gasteiger partial charge in [-0.15, -0.1) is 0 Å². The van der Waals surface area contributed by atoms with E-state index in [1.54, 1.807) is 11.8 Å². The summed E-state index contributed by atoms with van der Waals surface area (Å²) < 4.78 is 0. The number of carboxylic acids is 1. The van der Waals surface area contributed by atoms with Gasteiger partial charge in [0.1, 0.15) is 5.54 Å². The Balaban J connectivity index is 2.51. The van der Waals surface area contributed by atoms with Gasteiger partial charge in [-0.2, -0.15) is 11.8 Å². The van der Waals surface area contributed by atoms with Gasteiger partial charge in [-0.1, -0.05) is 26.7 Å². The topological polar surface area (TPSA) is 66.4 Å². The summed E-state index contributed by atoms with van der Waals surface area (Å²) in [6, 6.07) is 0. The minimum Gasteiger partial charge on any atom is -0.479 e. The number of hydrogen-bond donors (Lipinski definition) is 2. The van der Waals surface area contributed by atoms with Crippen molar-refractivity contribution in [2.24, 2.45) is 5.92 Å². The van der Waals surface area contributed by atoms with Gasteiger partial charge in [-0.3, -0.25) is 4.79 Å². The highest BCUT2D eigenvalue weighted by atomic mass is 32.2. The third-order valence-corrected chi connectivity index (χ3v) is 4.31. The average molecular weight is 259 g/mol. The molecule has 5 heteroatoms. The van der Waals surface area contributed by atoms with Gasteiger partial charge >= 0.3 is 5.97 Å². The molecule has 1 amide bonds. The molecular weight excluding hydrogens is 238 g/mol. The van der Waals surface area contributed by atoms with Crippen molar-refractivity contribution in [3.05, 3.63) is 0 Å². The van der Waals surface area contributed by atoms with Gasteiger partial charge in [0, 0.05) is 12.2 Å². The number of carbonyl (C=O) groups is 2. The molecule has 1 heterocycles. The molecule has 1 aliphatic heterocycles. The normalized spacial score (nSPS) is 25.5. The number of hydrogen-bond acceptors (Lipinski definition) is 3. The molecule has 1 saturated heterocycles. The molecule has 4 nitrogen and oxygen atoms in total. The SMILES string of the molecule is CCCC(C)CC(=O)NC1(C(=O)O)CCSC1. The Labute approximate surface area is 107 Å². The van der Waals surface area contributed by atoms with Gasteiger partial charge in [0.2, 0.25) is 5.91 Å². The van der Waals surface area contributed by atoms with Crippen molar-refractivity contribution < 1.29 is 14.7 Å². The molecule has 0 aliphatic carbocycles. The van der Waals surface area contributed by atoms with E-state index >= 15 is 0 Å². The molecule has 0 aromatic heterocycles. The number of thioether (sulfide) groups is 1. The maximum atomic E-state index is 11.8. The second kappa shape index (κ2) is 6.28. The van der Waals surface area contributed by atoms with Crippen LogP contribution in [0.4, 0.5) is 0 Å². The molecule has 1 fully saturated rings. The highest BCUT2D eigenvalue weighted by Gasteiger charge is 2.43. The summed E-state index contributed by atoms with van der Waals surface area (Å²) in [6.45, 7) is 4.11. The first-order chi connectivity index (χ1) is 8.00. The van der Waals surface area contributed by atoms with E-state index in [-0.39, 0.29) is 5.91 Å². The van der Waals surface area contributed by atoms with Crippen LogP contribution in [0.3, 0.4) is 0 Å². The maximum absolute atomic E-state index is 11.8. The lowest BCUT2D eigenvalue weighted by atomic mass is 9.97. The minimum atomic E-state index is -1.02. The second-order valence-electron chi connectivity index (χ2n) is 4.84. The zero-order valence-electron chi connectivity index (χ0n) is 10.5. The first-order valence-electron chi connectivity index (χ1n) is 6.12. The van der Waals surface area contributed by atoms with Crippen LogP contribution in [0, 0.1) is 5.92 Å². The van der Waals surface area contributed by atoms with Crippen molar-refractivity contribution in [1.82, 2.24) is 5.32 Å². The first kappa shape index (κ1) is 14.4. The Morgan fingerprint density at radius 3 is 2.71 bits per heavy atom. The van der Waals surface area contributed by atoms with Crippen LogP contribution < -0.4 is 5.32 Å². The average Bonchev–Trinajstić information content (AvgIpc) is 2.67. The fourth-order valence-corrected chi connectivity index (χ4v) is 3.44. The monoisotopic (exact) mass is 259 g/mol. The van der Waals surface area contributed by atoms with Gasteiger partial charge in [-0.25, -0.2) is 4.79 Å². The van der Waals surface area contributed by atoms with E-state index < -0.39 is 11.5 Å². The Bertz CT molecular complexity index is 287. The predicted molar refractivity (Wildman–Crippen MR) is 69.1 cm³/mol. The van der Waals surface area contributed by atoms with Gasteiger partial charge in [0.25, 0.3) is 0 Å². The summed E-state index contributed by atoms with van der Waals surface area (Å²) >= 11 is 1.58. The van der Waals surface area contributed by atoms with Crippen LogP contribution in [0.25, 0.3) is 0 Å². The fourth-order valence-electron chi connectivity index (χ4n) is 2.11. The summed E-state index contributed by atoms with van der Waals surface area (Å²) in [5.41, 5.74) is -1.02. The lowest BCUT2D eigenvalue weighted by Crippen LogP contribution is -2.55. The van der Waals surface area contributed by atoms with Crippen molar-refractivity contribution in [2.75, 3.05) is 11.5 Å². The third-order valence-electron chi connectivity index (χ3n) is 3.13. The second-order valence-corrected chi connectivity index (χ2v) is 5.94. The highest BCUT2D eigenvalue weighted by Crippen LogP contribution is 2.28. The van der Waals surface area contributed by atoms with Crippen molar-refractivity contribution in [1.29, 1.82) is 0 Å². The largest absolute Gasteiger partial charge is 0.479 e. The minimum absolute atomic E-state index is 0.129. The molecule has 1 rings (SSSR count). The van der Waals surface area contributed by atoms with Gasteiger partial charge in [0.15, 0.2) is 0 Å². The molecule has 0 aromatic carbocycles. The molecule has 2 unspecified atom stereocenters. The van der Waals surface area contributed by atoms with E-state index in [0.717, 1.165) is 18.6 Å². The van der Waals surface area contributed by atoms with E-state index in [9.17, 15) is 14.7 Å². The molecule has 2 N–H and O–H groups in total. The van der Waals surface area contributed by atoms with E-state index in [4.69, 9.17) is 0 Å². The number of carbonyl (C=O) groups excluding carboxylic acids is 1. The smallest absolute Gasteiger partial charge is 0.330 e. The number of nitrogens with one attached hydrogen (secondary N) is 1. The Hall–Kier alpha value is -0.710. The van der Waals surface area contributed by atoms with Gasteiger partial charge in [0.05, 0.1) is 0 Å². The molecule has 2 atom stereocenters. The first-order valence-corrected chi connectivity index (χ1v) is 7.28. The number of rotatable bonds is 6. The number of amides is 1. The Morgan fingerprint density at radius 1 is 1.53 bits per heavy atom. The van der Waals surface area contributed by atoms with Crippen LogP contribution in [-0.4, -0.2) is 34.0 Å². The van der Waals surface area contributed by atoms with Crippen molar-refractivity contribution in [3.63, 3.8) is 0 Å². The third kappa shape index (κ3) is 3.91. The molecule has 98 valence electrons. The van der Waals surface area contributed by atoms with E-state index in [0.29, 0.717) is 24.5 Å². The van der Waals surface area contributed by atoms with E-state index in [1.165, 1.54) is 0 Å². The lowest BCUT2D eigenvalue weighted by Gasteiger charge is -2.25. The Morgan fingerprint density at radius 2 is 2.24 bits per heavy atom. The fraction of sp³-hybridized carbons (Fsp3) is 0.833. The van der Waals surface area contributed by atoms with Crippen LogP contribution in [0.1, 0.15) is 39.5 Å². The van der Waals surface area contributed by atoms with Crippen molar-refractivity contribution in [2.45, 2.75) is 45.1 Å². The van der Waals surface area contributed by atoms with Crippen LogP contribution in [-0.2, 0) is 9.59 Å².